The lowest BCUT2D eigenvalue weighted by Crippen LogP contribution is -2.12. The molecule has 0 bridgehead atoms. The second kappa shape index (κ2) is 22.1. The highest BCUT2D eigenvalue weighted by Gasteiger charge is 2.23. The fraction of sp³-hybridized carbons (Fsp3) is 0.123. The monoisotopic (exact) mass is 894 g/mol. The highest BCUT2D eigenvalue weighted by atomic mass is 15.1. The van der Waals surface area contributed by atoms with Crippen LogP contribution in [-0.4, -0.2) is 15.7 Å². The number of aliphatic imine (C=N–C) groups is 1. The molecule has 8 aromatic carbocycles. The van der Waals surface area contributed by atoms with E-state index in [0.717, 1.165) is 86.1 Å². The van der Waals surface area contributed by atoms with Gasteiger partial charge in [0, 0.05) is 33.8 Å². The number of para-hydroxylation sites is 2. The van der Waals surface area contributed by atoms with Crippen LogP contribution in [0.2, 0.25) is 0 Å². The molecule has 0 radical (unpaired) electrons. The second-order valence-corrected chi connectivity index (χ2v) is 17.7. The Kier molecular flexibility index (Phi) is 14.7. The van der Waals surface area contributed by atoms with E-state index in [1.807, 2.05) is 6.07 Å². The van der Waals surface area contributed by atoms with Gasteiger partial charge in [0.1, 0.15) is 5.70 Å². The zero-order valence-electron chi connectivity index (χ0n) is 40.0. The molecule has 0 spiro atoms. The average molecular weight is 895 g/mol. The molecule has 338 valence electrons. The molecule has 1 heterocycles. The van der Waals surface area contributed by atoms with Gasteiger partial charge in [0.15, 0.2) is 5.82 Å². The van der Waals surface area contributed by atoms with Crippen LogP contribution in [0.25, 0.3) is 33.8 Å². The lowest BCUT2D eigenvalue weighted by Gasteiger charge is -2.26. The van der Waals surface area contributed by atoms with E-state index in [-0.39, 0.29) is 11.8 Å². The molecular weight excluding hydrogens is 837 g/mol. The summed E-state index contributed by atoms with van der Waals surface area (Å²) in [5.74, 6) is 1.06. The van der Waals surface area contributed by atoms with Gasteiger partial charge in [0.25, 0.3) is 0 Å². The third kappa shape index (κ3) is 11.2. The number of allylic oxidation sites excluding steroid dienone is 3. The van der Waals surface area contributed by atoms with Gasteiger partial charge in [-0.05, 0) is 127 Å². The van der Waals surface area contributed by atoms with Crippen molar-refractivity contribution in [2.75, 3.05) is 4.90 Å². The smallest absolute Gasteiger partial charge is 0.179 e. The van der Waals surface area contributed by atoms with E-state index in [4.69, 9.17) is 15.0 Å². The van der Waals surface area contributed by atoms with Crippen LogP contribution in [0.4, 0.5) is 17.1 Å². The third-order valence-electron chi connectivity index (χ3n) is 13.0. The quantitative estimate of drug-likeness (QED) is 0.0908. The van der Waals surface area contributed by atoms with E-state index in [2.05, 4.69) is 269 Å². The van der Waals surface area contributed by atoms with Crippen LogP contribution in [0.15, 0.2) is 253 Å². The molecule has 0 aliphatic carbocycles. The number of nitrogens with zero attached hydrogens (tertiary/aromatic N) is 4. The molecule has 0 aliphatic rings. The molecule has 1 aromatic heterocycles. The summed E-state index contributed by atoms with van der Waals surface area (Å²) < 4.78 is 0. The van der Waals surface area contributed by atoms with Crippen molar-refractivity contribution in [3.8, 4) is 22.5 Å². The Morgan fingerprint density at radius 1 is 0.507 bits per heavy atom. The van der Waals surface area contributed by atoms with E-state index in [9.17, 15) is 0 Å². The van der Waals surface area contributed by atoms with Crippen molar-refractivity contribution in [3.63, 3.8) is 0 Å². The average Bonchev–Trinajstić information content (AvgIpc) is 3.42. The number of aromatic nitrogens is 2. The minimum atomic E-state index is 0.211. The highest BCUT2D eigenvalue weighted by Crippen LogP contribution is 2.39. The van der Waals surface area contributed by atoms with E-state index in [0.29, 0.717) is 5.82 Å². The van der Waals surface area contributed by atoms with Gasteiger partial charge in [-0.15, -0.1) is 0 Å². The number of hydrogen-bond donors (Lipinski definition) is 0. The first kappa shape index (κ1) is 45.9. The molecular formula is C65H58N4. The number of hydrogen-bond acceptors (Lipinski definition) is 4. The SMILES string of the molecule is CCC(C)=C(N=C(C=C(C)c1ccccc1)c1ccccc1)c1nc(-c2cccc(C(C)C(Cc3ccccc3)c3ccccc3)c2)cc(-c2cccc(N(c3ccccc3)c3ccccc3)c2)n1. The minimum Gasteiger partial charge on any atom is -0.310 e. The van der Waals surface area contributed by atoms with E-state index in [1.165, 1.54) is 16.7 Å². The fourth-order valence-corrected chi connectivity index (χ4v) is 9.02. The zero-order chi connectivity index (χ0) is 47.4. The maximum Gasteiger partial charge on any atom is 0.179 e. The van der Waals surface area contributed by atoms with Crippen LogP contribution in [0.3, 0.4) is 0 Å². The van der Waals surface area contributed by atoms with Gasteiger partial charge >= 0.3 is 0 Å². The molecule has 4 nitrogen and oxygen atoms in total. The molecule has 9 rings (SSSR count). The van der Waals surface area contributed by atoms with Crippen molar-refractivity contribution in [2.45, 2.75) is 52.4 Å². The summed E-state index contributed by atoms with van der Waals surface area (Å²) in [4.78, 5) is 18.9. The van der Waals surface area contributed by atoms with Crippen LogP contribution >= 0.6 is 0 Å². The predicted octanol–water partition coefficient (Wildman–Crippen LogP) is 17.1. The summed E-state index contributed by atoms with van der Waals surface area (Å²) in [5.41, 5.74) is 16.7. The maximum atomic E-state index is 5.58. The van der Waals surface area contributed by atoms with Crippen LogP contribution in [0.1, 0.15) is 79.6 Å². The molecule has 69 heavy (non-hydrogen) atoms. The van der Waals surface area contributed by atoms with Gasteiger partial charge < -0.3 is 4.90 Å². The number of rotatable bonds is 16. The molecule has 0 saturated heterocycles. The topological polar surface area (TPSA) is 41.4 Å². The summed E-state index contributed by atoms with van der Waals surface area (Å²) in [6, 6.07) is 83.6. The molecule has 0 saturated carbocycles. The van der Waals surface area contributed by atoms with Gasteiger partial charge in [-0.25, -0.2) is 15.0 Å². The van der Waals surface area contributed by atoms with Gasteiger partial charge in [-0.2, -0.15) is 0 Å². The van der Waals surface area contributed by atoms with E-state index >= 15 is 0 Å². The Bertz CT molecular complexity index is 3140. The van der Waals surface area contributed by atoms with Crippen molar-refractivity contribution in [3.05, 3.63) is 282 Å². The van der Waals surface area contributed by atoms with Crippen LogP contribution < -0.4 is 4.90 Å². The van der Waals surface area contributed by atoms with E-state index in [1.54, 1.807) is 0 Å². The van der Waals surface area contributed by atoms with Crippen molar-refractivity contribution in [2.24, 2.45) is 4.99 Å². The number of anilines is 3. The van der Waals surface area contributed by atoms with Gasteiger partial charge in [-0.3, -0.25) is 0 Å². The molecule has 2 unspecified atom stereocenters. The standard InChI is InChI=1S/C65H58N4/c1-5-47(2)64(66-61(53-32-18-9-19-33-53)42-48(3)51-28-14-7-15-29-51)65-67-62(55-35-24-34-54(44-55)49(4)60(52-30-16-8-17-31-52)43-50-26-12-6-13-27-50)46-63(68-65)56-36-25-41-59(45-56)69(57-37-20-10-21-38-57)58-39-22-11-23-40-58/h6-42,44-46,49,60H,5,43H2,1-4H3. The molecule has 0 aliphatic heterocycles. The predicted molar refractivity (Wildman–Crippen MR) is 291 cm³/mol. The Balaban J connectivity index is 1.22. The molecule has 4 heteroatoms. The first-order chi connectivity index (χ1) is 33.9. The largest absolute Gasteiger partial charge is 0.310 e. The summed E-state index contributed by atoms with van der Waals surface area (Å²) in [5, 5.41) is 0. The Labute approximate surface area is 408 Å². The summed E-state index contributed by atoms with van der Waals surface area (Å²) in [6.45, 7) is 8.85. The van der Waals surface area contributed by atoms with Crippen LogP contribution in [0, 0.1) is 0 Å². The Hall–Kier alpha value is -8.21. The summed E-state index contributed by atoms with van der Waals surface area (Å²) in [7, 11) is 0. The Morgan fingerprint density at radius 2 is 0.986 bits per heavy atom. The zero-order valence-corrected chi connectivity index (χ0v) is 40.0. The molecule has 9 aromatic rings. The second-order valence-electron chi connectivity index (χ2n) is 17.7. The molecule has 2 atom stereocenters. The summed E-state index contributed by atoms with van der Waals surface area (Å²) >= 11 is 0. The van der Waals surface area contributed by atoms with Gasteiger partial charge in [-0.1, -0.05) is 202 Å². The Morgan fingerprint density at radius 3 is 1.57 bits per heavy atom. The minimum absolute atomic E-state index is 0.211. The normalized spacial score (nSPS) is 13.0. The fourth-order valence-electron chi connectivity index (χ4n) is 9.02. The third-order valence-corrected chi connectivity index (χ3v) is 13.0. The molecule has 0 N–H and O–H groups in total. The summed E-state index contributed by atoms with van der Waals surface area (Å²) in [6.07, 6.45) is 3.90. The van der Waals surface area contributed by atoms with Crippen LogP contribution in [0.5, 0.6) is 0 Å². The number of benzene rings is 8. The van der Waals surface area contributed by atoms with E-state index < -0.39 is 0 Å². The van der Waals surface area contributed by atoms with Crippen molar-refractivity contribution >= 4 is 34.0 Å². The van der Waals surface area contributed by atoms with Crippen molar-refractivity contribution in [1.82, 2.24) is 9.97 Å². The van der Waals surface area contributed by atoms with Crippen LogP contribution in [-0.2, 0) is 6.42 Å². The highest BCUT2D eigenvalue weighted by molar-refractivity contribution is 6.14. The lowest BCUT2D eigenvalue weighted by atomic mass is 9.78. The van der Waals surface area contributed by atoms with Crippen molar-refractivity contribution < 1.29 is 0 Å². The molecule has 0 fully saturated rings. The van der Waals surface area contributed by atoms with Gasteiger partial charge in [0.05, 0.1) is 17.1 Å². The first-order valence-electron chi connectivity index (χ1n) is 24.1. The molecule has 0 amide bonds. The van der Waals surface area contributed by atoms with Gasteiger partial charge in [0.2, 0.25) is 0 Å². The first-order valence-corrected chi connectivity index (χ1v) is 24.1. The van der Waals surface area contributed by atoms with Crippen molar-refractivity contribution in [1.29, 1.82) is 0 Å². The lowest BCUT2D eigenvalue weighted by molar-refractivity contribution is 0.572. The maximum absolute atomic E-state index is 5.58.